The maximum absolute atomic E-state index is 10.6. The summed E-state index contributed by atoms with van der Waals surface area (Å²) in [4.78, 5) is 14.4. The van der Waals surface area contributed by atoms with Gasteiger partial charge in [0, 0.05) is 0 Å². The summed E-state index contributed by atoms with van der Waals surface area (Å²) in [5, 5.41) is 12.0. The number of carboxylic acid groups (broad SMARTS) is 1. The van der Waals surface area contributed by atoms with E-state index in [4.69, 9.17) is 21.1 Å². The van der Waals surface area contributed by atoms with Crippen LogP contribution in [0.5, 0.6) is 0 Å². The highest BCUT2D eigenvalue weighted by molar-refractivity contribution is 6.33. The third-order valence-electron chi connectivity index (χ3n) is 2.09. The maximum Gasteiger partial charge on any atom is 0.357 e. The van der Waals surface area contributed by atoms with Crippen molar-refractivity contribution in [2.24, 2.45) is 0 Å². The predicted molar refractivity (Wildman–Crippen MR) is 62.9 cm³/mol. The number of carbonyl (C=O) groups is 1. The summed E-state index contributed by atoms with van der Waals surface area (Å²) in [7, 11) is 0. The third kappa shape index (κ3) is 2.57. The van der Waals surface area contributed by atoms with E-state index in [9.17, 15) is 4.79 Å². The first kappa shape index (κ1) is 11.5. The van der Waals surface area contributed by atoms with Gasteiger partial charge in [0.2, 0.25) is 0 Å². The molecule has 1 heterocycles. The van der Waals surface area contributed by atoms with Crippen molar-refractivity contribution in [3.8, 4) is 0 Å². The van der Waals surface area contributed by atoms with Crippen LogP contribution in [0.25, 0.3) is 0 Å². The second-order valence-electron chi connectivity index (χ2n) is 3.45. The predicted octanol–water partition coefficient (Wildman–Crippen LogP) is 3.08. The fourth-order valence-electron chi connectivity index (χ4n) is 1.28. The lowest BCUT2D eigenvalue weighted by Gasteiger charge is -2.04. The van der Waals surface area contributed by atoms with Gasteiger partial charge in [-0.1, -0.05) is 17.7 Å². The molecule has 0 saturated carbocycles. The number of benzene rings is 1. The SMILES string of the molecule is Cc1ccc(Cl)c(Nc2nc(C(=O)O)co2)c1. The Morgan fingerprint density at radius 1 is 1.53 bits per heavy atom. The van der Waals surface area contributed by atoms with Crippen molar-refractivity contribution in [3.63, 3.8) is 0 Å². The van der Waals surface area contributed by atoms with Crippen molar-refractivity contribution >= 4 is 29.3 Å². The van der Waals surface area contributed by atoms with Crippen LogP contribution in [0.2, 0.25) is 5.02 Å². The van der Waals surface area contributed by atoms with Gasteiger partial charge in [-0.2, -0.15) is 4.98 Å². The number of hydrogen-bond donors (Lipinski definition) is 2. The van der Waals surface area contributed by atoms with Crippen LogP contribution in [0.3, 0.4) is 0 Å². The van der Waals surface area contributed by atoms with Crippen LogP contribution < -0.4 is 5.32 Å². The van der Waals surface area contributed by atoms with Gasteiger partial charge < -0.3 is 14.8 Å². The molecule has 17 heavy (non-hydrogen) atoms. The van der Waals surface area contributed by atoms with Gasteiger partial charge >= 0.3 is 5.97 Å². The summed E-state index contributed by atoms with van der Waals surface area (Å²) in [5.41, 5.74) is 1.48. The molecule has 0 aliphatic carbocycles. The Bertz CT molecular complexity index is 566. The van der Waals surface area contributed by atoms with Crippen molar-refractivity contribution < 1.29 is 14.3 Å². The lowest BCUT2D eigenvalue weighted by molar-refractivity contribution is 0.0690. The molecule has 2 rings (SSSR count). The van der Waals surface area contributed by atoms with Crippen molar-refractivity contribution in [1.82, 2.24) is 4.98 Å². The van der Waals surface area contributed by atoms with E-state index in [1.807, 2.05) is 19.1 Å². The Kier molecular flexibility index (Phi) is 3.01. The molecule has 0 amide bonds. The molecule has 88 valence electrons. The fourth-order valence-corrected chi connectivity index (χ4v) is 1.44. The van der Waals surface area contributed by atoms with Gasteiger partial charge in [0.25, 0.3) is 6.01 Å². The fraction of sp³-hybridized carbons (Fsp3) is 0.0909. The molecule has 2 aromatic rings. The molecule has 0 atom stereocenters. The Labute approximate surface area is 102 Å². The molecule has 5 nitrogen and oxygen atoms in total. The van der Waals surface area contributed by atoms with Gasteiger partial charge in [-0.05, 0) is 24.6 Å². The molecule has 0 saturated heterocycles. The molecular formula is C11H9ClN2O3. The molecule has 0 aliphatic rings. The molecular weight excluding hydrogens is 244 g/mol. The lowest BCUT2D eigenvalue weighted by atomic mass is 10.2. The van der Waals surface area contributed by atoms with Crippen molar-refractivity contribution in [3.05, 3.63) is 40.7 Å². The van der Waals surface area contributed by atoms with E-state index >= 15 is 0 Å². The lowest BCUT2D eigenvalue weighted by Crippen LogP contribution is -1.97. The number of rotatable bonds is 3. The van der Waals surface area contributed by atoms with E-state index in [0.717, 1.165) is 11.8 Å². The van der Waals surface area contributed by atoms with E-state index in [-0.39, 0.29) is 11.7 Å². The highest BCUT2D eigenvalue weighted by atomic mass is 35.5. The number of hydrogen-bond acceptors (Lipinski definition) is 4. The van der Waals surface area contributed by atoms with Gasteiger partial charge in [0.15, 0.2) is 5.69 Å². The van der Waals surface area contributed by atoms with Crippen LogP contribution in [0.1, 0.15) is 16.1 Å². The maximum atomic E-state index is 10.6. The van der Waals surface area contributed by atoms with E-state index in [1.165, 1.54) is 0 Å². The molecule has 0 spiro atoms. The average Bonchev–Trinajstić information content (AvgIpc) is 2.72. The van der Waals surface area contributed by atoms with Crippen LogP contribution in [0.4, 0.5) is 11.7 Å². The molecule has 0 aliphatic heterocycles. The number of aromatic nitrogens is 1. The van der Waals surface area contributed by atoms with Crippen molar-refractivity contribution in [1.29, 1.82) is 0 Å². The summed E-state index contributed by atoms with van der Waals surface area (Å²) >= 11 is 5.97. The number of aromatic carboxylic acids is 1. The van der Waals surface area contributed by atoms with E-state index in [0.29, 0.717) is 10.7 Å². The van der Waals surface area contributed by atoms with Crippen LogP contribution in [0.15, 0.2) is 28.9 Å². The summed E-state index contributed by atoms with van der Waals surface area (Å²) in [6.07, 6.45) is 1.06. The topological polar surface area (TPSA) is 75.4 Å². The largest absolute Gasteiger partial charge is 0.476 e. The summed E-state index contributed by atoms with van der Waals surface area (Å²) < 4.78 is 4.96. The number of halogens is 1. The van der Waals surface area contributed by atoms with E-state index in [1.54, 1.807) is 6.07 Å². The number of nitrogens with zero attached hydrogens (tertiary/aromatic N) is 1. The first-order valence-electron chi connectivity index (χ1n) is 4.78. The molecule has 0 bridgehead atoms. The Balaban J connectivity index is 2.25. The summed E-state index contributed by atoms with van der Waals surface area (Å²) in [6.45, 7) is 1.92. The number of carboxylic acids is 1. The highest BCUT2D eigenvalue weighted by Gasteiger charge is 2.11. The second-order valence-corrected chi connectivity index (χ2v) is 3.86. The summed E-state index contributed by atoms with van der Waals surface area (Å²) in [5.74, 6) is -1.14. The van der Waals surface area contributed by atoms with Gasteiger partial charge in [-0.3, -0.25) is 0 Å². The van der Waals surface area contributed by atoms with Crippen LogP contribution >= 0.6 is 11.6 Å². The van der Waals surface area contributed by atoms with Crippen LogP contribution in [-0.2, 0) is 0 Å². The number of aryl methyl sites for hydroxylation is 1. The van der Waals surface area contributed by atoms with Gasteiger partial charge in [-0.25, -0.2) is 4.79 Å². The first-order valence-corrected chi connectivity index (χ1v) is 5.16. The number of anilines is 2. The zero-order valence-electron chi connectivity index (χ0n) is 8.90. The average molecular weight is 253 g/mol. The molecule has 0 fully saturated rings. The summed E-state index contributed by atoms with van der Waals surface area (Å²) in [6, 6.07) is 5.51. The molecule has 1 aromatic heterocycles. The Morgan fingerprint density at radius 2 is 2.29 bits per heavy atom. The van der Waals surface area contributed by atoms with Gasteiger partial charge in [0.05, 0.1) is 10.7 Å². The molecule has 1 aromatic carbocycles. The number of nitrogens with one attached hydrogen (secondary N) is 1. The van der Waals surface area contributed by atoms with Crippen LogP contribution in [0, 0.1) is 6.92 Å². The highest BCUT2D eigenvalue weighted by Crippen LogP contribution is 2.26. The number of oxazole rings is 1. The third-order valence-corrected chi connectivity index (χ3v) is 2.42. The Hall–Kier alpha value is -2.01. The first-order chi connectivity index (χ1) is 8.06. The second kappa shape index (κ2) is 4.47. The van der Waals surface area contributed by atoms with E-state index in [2.05, 4.69) is 10.3 Å². The Morgan fingerprint density at radius 3 is 2.94 bits per heavy atom. The molecule has 2 N–H and O–H groups in total. The minimum Gasteiger partial charge on any atom is -0.476 e. The standard InChI is InChI=1S/C11H9ClN2O3/c1-6-2-3-7(12)8(4-6)13-11-14-9(5-17-11)10(15)16/h2-5H,1H3,(H,13,14)(H,15,16). The minimum absolute atomic E-state index is 0.0925. The minimum atomic E-state index is -1.14. The molecule has 0 unspecified atom stereocenters. The van der Waals surface area contributed by atoms with E-state index < -0.39 is 5.97 Å². The van der Waals surface area contributed by atoms with Crippen LogP contribution in [-0.4, -0.2) is 16.1 Å². The van der Waals surface area contributed by atoms with Crippen molar-refractivity contribution in [2.75, 3.05) is 5.32 Å². The molecule has 0 radical (unpaired) electrons. The van der Waals surface area contributed by atoms with Gasteiger partial charge in [0.1, 0.15) is 6.26 Å². The smallest absolute Gasteiger partial charge is 0.357 e. The monoisotopic (exact) mass is 252 g/mol. The zero-order valence-corrected chi connectivity index (χ0v) is 9.65. The quantitative estimate of drug-likeness (QED) is 0.878. The zero-order chi connectivity index (χ0) is 12.4. The van der Waals surface area contributed by atoms with Crippen molar-refractivity contribution in [2.45, 2.75) is 6.92 Å². The molecule has 6 heteroatoms. The van der Waals surface area contributed by atoms with Gasteiger partial charge in [-0.15, -0.1) is 0 Å². The normalized spacial score (nSPS) is 10.2.